The van der Waals surface area contributed by atoms with Gasteiger partial charge in [0.25, 0.3) is 0 Å². The maximum atomic E-state index is 12.0. The van der Waals surface area contributed by atoms with Crippen LogP contribution in [0.2, 0.25) is 0 Å². The second kappa shape index (κ2) is 16.7. The molecule has 4 aromatic carbocycles. The van der Waals surface area contributed by atoms with Crippen molar-refractivity contribution in [1.82, 2.24) is 10.2 Å². The summed E-state index contributed by atoms with van der Waals surface area (Å²) in [6.07, 6.45) is -2.25. The lowest BCUT2D eigenvalue weighted by Crippen LogP contribution is -2.44. The minimum absolute atomic E-state index is 0.0387. The molecule has 0 spiro atoms. The van der Waals surface area contributed by atoms with Crippen molar-refractivity contribution < 1.29 is 39.5 Å². The van der Waals surface area contributed by atoms with E-state index in [1.165, 1.54) is 0 Å². The first-order chi connectivity index (χ1) is 23.6. The van der Waals surface area contributed by atoms with Crippen LogP contribution in [0.25, 0.3) is 11.1 Å². The Morgan fingerprint density at radius 2 is 1.57 bits per heavy atom. The lowest BCUT2D eigenvalue weighted by Gasteiger charge is -2.42. The second-order valence-corrected chi connectivity index (χ2v) is 12.6. The highest BCUT2D eigenvalue weighted by molar-refractivity contribution is 5.80. The fraction of sp³-hybridized carbons (Fsp3) is 0.333. The maximum Gasteiger partial charge on any atom is 0.303 e. The molecule has 5 rings (SSSR count). The molecule has 0 bridgehead atoms. The number of aliphatic carboxylic acids is 1. The molecule has 1 heterocycles. The third-order valence-corrected chi connectivity index (χ3v) is 8.85. The van der Waals surface area contributed by atoms with Gasteiger partial charge in [0.2, 0.25) is 5.91 Å². The van der Waals surface area contributed by atoms with Gasteiger partial charge in [0.15, 0.2) is 6.29 Å². The van der Waals surface area contributed by atoms with Crippen molar-refractivity contribution in [3.8, 4) is 16.9 Å². The highest BCUT2D eigenvalue weighted by atomic mass is 16.7. The molecule has 5 atom stereocenters. The molecule has 5 unspecified atom stereocenters. The number of aliphatic hydroxyl groups excluding tert-OH is 2. The summed E-state index contributed by atoms with van der Waals surface area (Å²) in [7, 11) is 1.93. The van der Waals surface area contributed by atoms with Crippen LogP contribution in [0.5, 0.6) is 5.75 Å². The number of carbonyl (C=O) groups excluding carboxylic acids is 1. The number of carboxylic acid groups (broad SMARTS) is 1. The lowest BCUT2D eigenvalue weighted by atomic mass is 9.90. The van der Waals surface area contributed by atoms with E-state index in [1.807, 2.05) is 84.7 Å². The number of hydrogen-bond acceptors (Lipinski definition) is 8. The predicted octanol–water partition coefficient (Wildman–Crippen LogP) is 5.49. The van der Waals surface area contributed by atoms with E-state index in [9.17, 15) is 24.9 Å². The normalized spacial score (nSPS) is 19.8. The molecule has 10 heteroatoms. The van der Waals surface area contributed by atoms with Crippen molar-refractivity contribution in [2.75, 3.05) is 20.1 Å². The fourth-order valence-corrected chi connectivity index (χ4v) is 6.05. The van der Waals surface area contributed by atoms with E-state index in [0.29, 0.717) is 25.2 Å². The molecular weight excluding hydrogens is 624 g/mol. The quantitative estimate of drug-likeness (QED) is 0.118. The Bertz CT molecular complexity index is 1690. The van der Waals surface area contributed by atoms with Gasteiger partial charge in [0.05, 0.1) is 31.3 Å². The highest BCUT2D eigenvalue weighted by Gasteiger charge is 2.39. The number of hydrogen-bond donors (Lipinski definition) is 5. The smallest absolute Gasteiger partial charge is 0.303 e. The van der Waals surface area contributed by atoms with Gasteiger partial charge in [0.1, 0.15) is 5.75 Å². The highest BCUT2D eigenvalue weighted by Crippen LogP contribution is 2.42. The average Bonchev–Trinajstić information content (AvgIpc) is 3.11. The zero-order chi connectivity index (χ0) is 34.9. The topological polar surface area (TPSA) is 149 Å². The van der Waals surface area contributed by atoms with E-state index in [0.717, 1.165) is 33.4 Å². The number of ether oxygens (including phenoxy) is 2. The first-order valence-electron chi connectivity index (χ1n) is 16.4. The van der Waals surface area contributed by atoms with Crippen LogP contribution in [0.3, 0.4) is 0 Å². The summed E-state index contributed by atoms with van der Waals surface area (Å²) in [5.74, 6) is -1.24. The molecular formula is C39H44N2O8. The Kier molecular flexibility index (Phi) is 12.2. The third-order valence-electron chi connectivity index (χ3n) is 8.85. The number of amides is 1. The van der Waals surface area contributed by atoms with Crippen LogP contribution in [0.4, 0.5) is 0 Å². The van der Waals surface area contributed by atoms with Crippen LogP contribution in [-0.2, 0) is 32.2 Å². The Labute approximate surface area is 286 Å². The summed E-state index contributed by atoms with van der Waals surface area (Å²) in [4.78, 5) is 24.8. The summed E-state index contributed by atoms with van der Waals surface area (Å²) in [6.45, 7) is 3.22. The monoisotopic (exact) mass is 668 g/mol. The zero-order valence-electron chi connectivity index (χ0n) is 27.7. The molecule has 1 amide bonds. The molecule has 0 radical (unpaired) electrons. The van der Waals surface area contributed by atoms with E-state index in [1.54, 1.807) is 24.3 Å². The van der Waals surface area contributed by atoms with Gasteiger partial charge in [-0.2, -0.15) is 0 Å². The molecule has 10 nitrogen and oxygen atoms in total. The first kappa shape index (κ1) is 35.7. The third kappa shape index (κ3) is 9.75. The van der Waals surface area contributed by atoms with Crippen molar-refractivity contribution >= 4 is 11.9 Å². The molecule has 1 aliphatic heterocycles. The van der Waals surface area contributed by atoms with Crippen LogP contribution in [-0.4, -0.2) is 63.4 Å². The number of nitrogens with zero attached hydrogens (tertiary/aromatic N) is 1. The minimum atomic E-state index is -1.00. The van der Waals surface area contributed by atoms with Crippen LogP contribution in [0.1, 0.15) is 66.1 Å². The molecule has 258 valence electrons. The average molecular weight is 669 g/mol. The number of carbonyl (C=O) groups is 2. The number of phenolic OH excluding ortho intramolecular Hbond substituents is 1. The predicted molar refractivity (Wildman–Crippen MR) is 184 cm³/mol. The molecule has 0 aliphatic carbocycles. The number of benzene rings is 4. The summed E-state index contributed by atoms with van der Waals surface area (Å²) in [5.41, 5.74) is 6.12. The molecule has 5 N–H and O–H groups in total. The van der Waals surface area contributed by atoms with Crippen molar-refractivity contribution in [2.24, 2.45) is 5.92 Å². The number of likely N-dealkylation sites (N-methyl/N-ethyl adjacent to an activating group) is 1. The van der Waals surface area contributed by atoms with Crippen molar-refractivity contribution in [2.45, 2.75) is 57.5 Å². The summed E-state index contributed by atoms with van der Waals surface area (Å²) in [6, 6.07) is 30.2. The van der Waals surface area contributed by atoms with Gasteiger partial charge >= 0.3 is 5.97 Å². The molecule has 1 fully saturated rings. The Morgan fingerprint density at radius 3 is 2.27 bits per heavy atom. The number of rotatable bonds is 14. The van der Waals surface area contributed by atoms with Crippen LogP contribution in [0, 0.1) is 5.92 Å². The van der Waals surface area contributed by atoms with Gasteiger partial charge < -0.3 is 40.1 Å². The summed E-state index contributed by atoms with van der Waals surface area (Å²) in [5, 5.41) is 41.9. The maximum absolute atomic E-state index is 12.0. The van der Waals surface area contributed by atoms with E-state index in [4.69, 9.17) is 14.6 Å². The molecule has 1 saturated heterocycles. The zero-order valence-corrected chi connectivity index (χ0v) is 27.7. The fourth-order valence-electron chi connectivity index (χ4n) is 6.05. The van der Waals surface area contributed by atoms with Gasteiger partial charge in [0, 0.05) is 37.5 Å². The van der Waals surface area contributed by atoms with Crippen LogP contribution < -0.4 is 5.32 Å². The number of aliphatic hydroxyl groups is 2. The van der Waals surface area contributed by atoms with Gasteiger partial charge in [-0.3, -0.25) is 9.59 Å². The van der Waals surface area contributed by atoms with E-state index < -0.39 is 18.4 Å². The van der Waals surface area contributed by atoms with Gasteiger partial charge in [-0.05, 0) is 58.6 Å². The molecule has 0 aromatic heterocycles. The van der Waals surface area contributed by atoms with Crippen molar-refractivity contribution in [3.05, 3.63) is 125 Å². The first-order valence-corrected chi connectivity index (χ1v) is 16.4. The lowest BCUT2D eigenvalue weighted by molar-refractivity contribution is -0.276. The van der Waals surface area contributed by atoms with Crippen LogP contribution >= 0.6 is 0 Å². The van der Waals surface area contributed by atoms with E-state index in [-0.39, 0.29) is 49.2 Å². The number of aromatic hydroxyl groups is 1. The number of phenols is 1. The Morgan fingerprint density at radius 1 is 0.857 bits per heavy atom. The standard InChI is InChI=1S/C39H44N2O8/c1-25-35(23-41(2)22-34(44)32-7-4-8-33(43)20-32)48-39(49-38(25)29-11-9-26(24-42)10-12-29)30-15-13-28(14-16-30)31-6-3-5-27(19-31)21-40-36(45)17-18-37(46)47/h3-16,19-20,25,34-35,38-39,42-44H,17-18,21-24H2,1-2H3,(H,40,45)(H,46,47). The Balaban J connectivity index is 1.31. The summed E-state index contributed by atoms with van der Waals surface area (Å²) < 4.78 is 13.2. The second-order valence-electron chi connectivity index (χ2n) is 12.6. The van der Waals surface area contributed by atoms with Crippen molar-refractivity contribution in [3.63, 3.8) is 0 Å². The number of nitrogens with one attached hydrogen (secondary N) is 1. The molecule has 1 aliphatic rings. The van der Waals surface area contributed by atoms with E-state index >= 15 is 0 Å². The summed E-state index contributed by atoms with van der Waals surface area (Å²) >= 11 is 0. The number of carboxylic acids is 1. The largest absolute Gasteiger partial charge is 0.508 e. The minimum Gasteiger partial charge on any atom is -0.508 e. The van der Waals surface area contributed by atoms with E-state index in [2.05, 4.69) is 12.2 Å². The SMILES string of the molecule is CC1C(CN(C)CC(O)c2cccc(O)c2)OC(c2ccc(-c3cccc(CNC(=O)CCC(=O)O)c3)cc2)OC1c1ccc(CO)cc1. The van der Waals surface area contributed by atoms with Gasteiger partial charge in [-0.1, -0.05) is 85.8 Å². The molecule has 4 aromatic rings. The van der Waals surface area contributed by atoms with Gasteiger partial charge in [-0.25, -0.2) is 0 Å². The molecule has 49 heavy (non-hydrogen) atoms. The van der Waals surface area contributed by atoms with Gasteiger partial charge in [-0.15, -0.1) is 0 Å². The van der Waals surface area contributed by atoms with Crippen LogP contribution in [0.15, 0.2) is 97.1 Å². The Hall–Kier alpha value is -4.58. The molecule has 0 saturated carbocycles. The van der Waals surface area contributed by atoms with Crippen molar-refractivity contribution in [1.29, 1.82) is 0 Å².